The summed E-state index contributed by atoms with van der Waals surface area (Å²) < 4.78 is 0. The Kier molecular flexibility index (Phi) is 3.67. The van der Waals surface area contributed by atoms with Crippen LogP contribution in [0.25, 0.3) is 0 Å². The third-order valence-electron chi connectivity index (χ3n) is 3.12. The minimum absolute atomic E-state index is 0.0813. The maximum atomic E-state index is 11.6. The lowest BCUT2D eigenvalue weighted by atomic mass is 10.1. The molecule has 3 nitrogen and oxygen atoms in total. The van der Waals surface area contributed by atoms with Crippen molar-refractivity contribution in [3.05, 3.63) is 29.3 Å². The number of rotatable bonds is 5. The van der Waals surface area contributed by atoms with E-state index in [1.54, 1.807) is 0 Å². The van der Waals surface area contributed by atoms with Crippen LogP contribution in [0.15, 0.2) is 18.2 Å². The number of hydrogen-bond donors (Lipinski definition) is 2. The van der Waals surface area contributed by atoms with Gasteiger partial charge in [-0.05, 0) is 49.8 Å². The fraction of sp³-hybridized carbons (Fsp3) is 0.500. The molecule has 0 radical (unpaired) electrons. The van der Waals surface area contributed by atoms with Crippen molar-refractivity contribution in [2.45, 2.75) is 26.7 Å². The fourth-order valence-electron chi connectivity index (χ4n) is 1.74. The first kappa shape index (κ1) is 12.0. The maximum Gasteiger partial charge on any atom is 0.239 e. The molecule has 0 bridgehead atoms. The van der Waals surface area contributed by atoms with Crippen LogP contribution in [-0.2, 0) is 4.79 Å². The molecule has 3 heteroatoms. The van der Waals surface area contributed by atoms with Crippen molar-refractivity contribution in [3.8, 4) is 0 Å². The summed E-state index contributed by atoms with van der Waals surface area (Å²) in [7, 11) is 0. The van der Waals surface area contributed by atoms with E-state index in [2.05, 4.69) is 35.8 Å². The van der Waals surface area contributed by atoms with Gasteiger partial charge < -0.3 is 10.6 Å². The van der Waals surface area contributed by atoms with Crippen LogP contribution in [0.1, 0.15) is 24.0 Å². The number of carbonyl (C=O) groups is 1. The van der Waals surface area contributed by atoms with E-state index in [0.717, 1.165) is 18.2 Å². The van der Waals surface area contributed by atoms with E-state index >= 15 is 0 Å². The third-order valence-corrected chi connectivity index (χ3v) is 3.12. The molecule has 1 aliphatic carbocycles. The molecule has 0 atom stereocenters. The molecule has 1 fully saturated rings. The van der Waals surface area contributed by atoms with Gasteiger partial charge in [-0.25, -0.2) is 0 Å². The summed E-state index contributed by atoms with van der Waals surface area (Å²) in [4.78, 5) is 11.6. The summed E-state index contributed by atoms with van der Waals surface area (Å²) in [5.41, 5.74) is 3.42. The number of amides is 1. The number of carbonyl (C=O) groups excluding carboxylic acids is 1. The van der Waals surface area contributed by atoms with Gasteiger partial charge in [0.25, 0.3) is 0 Å². The van der Waals surface area contributed by atoms with Crippen LogP contribution in [0.3, 0.4) is 0 Å². The average Bonchev–Trinajstić information content (AvgIpc) is 3.11. The van der Waals surface area contributed by atoms with Crippen LogP contribution in [0, 0.1) is 19.8 Å². The number of hydrogen-bond acceptors (Lipinski definition) is 2. The molecular weight excluding hydrogens is 212 g/mol. The number of benzene rings is 1. The Labute approximate surface area is 103 Å². The van der Waals surface area contributed by atoms with Crippen molar-refractivity contribution in [1.82, 2.24) is 5.32 Å². The van der Waals surface area contributed by atoms with Gasteiger partial charge in [-0.15, -0.1) is 0 Å². The first-order valence-electron chi connectivity index (χ1n) is 6.23. The summed E-state index contributed by atoms with van der Waals surface area (Å²) >= 11 is 0. The monoisotopic (exact) mass is 232 g/mol. The van der Waals surface area contributed by atoms with Crippen LogP contribution in [-0.4, -0.2) is 19.0 Å². The zero-order valence-corrected chi connectivity index (χ0v) is 10.5. The highest BCUT2D eigenvalue weighted by Gasteiger charge is 2.21. The molecule has 92 valence electrons. The van der Waals surface area contributed by atoms with Gasteiger partial charge in [-0.1, -0.05) is 12.1 Å². The van der Waals surface area contributed by atoms with Crippen LogP contribution in [0.5, 0.6) is 0 Å². The predicted octanol–water partition coefficient (Wildman–Crippen LogP) is 2.24. The quantitative estimate of drug-likeness (QED) is 0.817. The Morgan fingerprint density at radius 2 is 2.12 bits per heavy atom. The SMILES string of the molecule is Cc1ccc(C)c(NCC(=O)NCC2CC2)c1. The lowest BCUT2D eigenvalue weighted by Crippen LogP contribution is -2.31. The minimum Gasteiger partial charge on any atom is -0.376 e. The van der Waals surface area contributed by atoms with Gasteiger partial charge in [-0.2, -0.15) is 0 Å². The lowest BCUT2D eigenvalue weighted by Gasteiger charge is -2.10. The molecule has 2 N–H and O–H groups in total. The van der Waals surface area contributed by atoms with Crippen molar-refractivity contribution in [3.63, 3.8) is 0 Å². The minimum atomic E-state index is 0.0813. The molecule has 1 aromatic carbocycles. The van der Waals surface area contributed by atoms with Gasteiger partial charge in [0.15, 0.2) is 0 Å². The van der Waals surface area contributed by atoms with E-state index in [1.807, 2.05) is 6.92 Å². The highest BCUT2D eigenvalue weighted by Crippen LogP contribution is 2.27. The highest BCUT2D eigenvalue weighted by atomic mass is 16.1. The first-order valence-corrected chi connectivity index (χ1v) is 6.23. The molecule has 1 aromatic rings. The Morgan fingerprint density at radius 3 is 2.82 bits per heavy atom. The van der Waals surface area contributed by atoms with Crippen molar-refractivity contribution in [2.24, 2.45) is 5.92 Å². The van der Waals surface area contributed by atoms with E-state index in [9.17, 15) is 4.79 Å². The maximum absolute atomic E-state index is 11.6. The largest absolute Gasteiger partial charge is 0.376 e. The van der Waals surface area contributed by atoms with Crippen LogP contribution < -0.4 is 10.6 Å². The second kappa shape index (κ2) is 5.21. The summed E-state index contributed by atoms with van der Waals surface area (Å²) in [6, 6.07) is 6.22. The molecule has 0 saturated heterocycles. The molecule has 0 heterocycles. The Morgan fingerprint density at radius 1 is 1.35 bits per heavy atom. The molecule has 0 spiro atoms. The summed E-state index contributed by atoms with van der Waals surface area (Å²) in [6.45, 7) is 5.30. The van der Waals surface area contributed by atoms with Gasteiger partial charge in [0.1, 0.15) is 0 Å². The molecule has 2 rings (SSSR count). The van der Waals surface area contributed by atoms with Crippen molar-refractivity contribution < 1.29 is 4.79 Å². The summed E-state index contributed by atoms with van der Waals surface area (Å²) in [5.74, 6) is 0.817. The first-order chi connectivity index (χ1) is 8.15. The number of anilines is 1. The molecule has 17 heavy (non-hydrogen) atoms. The van der Waals surface area contributed by atoms with Gasteiger partial charge in [-0.3, -0.25) is 4.79 Å². The van der Waals surface area contributed by atoms with Crippen LogP contribution >= 0.6 is 0 Å². The molecule has 0 unspecified atom stereocenters. The van der Waals surface area contributed by atoms with Gasteiger partial charge >= 0.3 is 0 Å². The van der Waals surface area contributed by atoms with Crippen molar-refractivity contribution in [1.29, 1.82) is 0 Å². The molecule has 1 saturated carbocycles. The third kappa shape index (κ3) is 3.77. The summed E-state index contributed by atoms with van der Waals surface area (Å²) in [6.07, 6.45) is 2.54. The highest BCUT2D eigenvalue weighted by molar-refractivity contribution is 5.81. The number of nitrogens with one attached hydrogen (secondary N) is 2. The average molecular weight is 232 g/mol. The van der Waals surface area contributed by atoms with Gasteiger partial charge in [0, 0.05) is 12.2 Å². The smallest absolute Gasteiger partial charge is 0.239 e. The number of aryl methyl sites for hydroxylation is 2. The zero-order chi connectivity index (χ0) is 12.3. The lowest BCUT2D eigenvalue weighted by molar-refractivity contribution is -0.119. The standard InChI is InChI=1S/C14H20N2O/c1-10-3-4-11(2)13(7-10)15-9-14(17)16-8-12-5-6-12/h3-4,7,12,15H,5-6,8-9H2,1-2H3,(H,16,17). The summed E-state index contributed by atoms with van der Waals surface area (Å²) in [5, 5.41) is 6.13. The molecule has 0 aliphatic heterocycles. The van der Waals surface area contributed by atoms with Crippen molar-refractivity contribution in [2.75, 3.05) is 18.4 Å². The van der Waals surface area contributed by atoms with Gasteiger partial charge in [0.2, 0.25) is 5.91 Å². The predicted molar refractivity (Wildman–Crippen MR) is 70.1 cm³/mol. The second-order valence-corrected chi connectivity index (χ2v) is 4.92. The zero-order valence-electron chi connectivity index (χ0n) is 10.5. The topological polar surface area (TPSA) is 41.1 Å². The van der Waals surface area contributed by atoms with Crippen LogP contribution in [0.4, 0.5) is 5.69 Å². The Hall–Kier alpha value is -1.51. The molecular formula is C14H20N2O. The second-order valence-electron chi connectivity index (χ2n) is 4.92. The van der Waals surface area contributed by atoms with E-state index in [1.165, 1.54) is 24.0 Å². The molecule has 1 aliphatic rings. The van der Waals surface area contributed by atoms with E-state index in [0.29, 0.717) is 6.54 Å². The van der Waals surface area contributed by atoms with E-state index in [4.69, 9.17) is 0 Å². The molecule has 1 amide bonds. The Bertz CT molecular complexity index is 411. The molecule has 0 aromatic heterocycles. The fourth-order valence-corrected chi connectivity index (χ4v) is 1.74. The van der Waals surface area contributed by atoms with E-state index in [-0.39, 0.29) is 5.91 Å². The van der Waals surface area contributed by atoms with Crippen LogP contribution in [0.2, 0.25) is 0 Å². The van der Waals surface area contributed by atoms with Crippen molar-refractivity contribution >= 4 is 11.6 Å². The van der Waals surface area contributed by atoms with E-state index < -0.39 is 0 Å². The Balaban J connectivity index is 1.79. The van der Waals surface area contributed by atoms with Gasteiger partial charge in [0.05, 0.1) is 6.54 Å². The normalized spacial score (nSPS) is 14.5.